The molecule has 4 heteroatoms. The number of carbonyl (C=O) groups excluding carboxylic acids is 1. The van der Waals surface area contributed by atoms with Crippen LogP contribution in [0.4, 0.5) is 0 Å². The number of aromatic amines is 1. The van der Waals surface area contributed by atoms with Crippen LogP contribution in [-0.4, -0.2) is 28.9 Å². The maximum absolute atomic E-state index is 11.8. The summed E-state index contributed by atoms with van der Waals surface area (Å²) in [5.74, 6) is 2.14. The number of carbonyl (C=O) groups is 1. The van der Waals surface area contributed by atoms with Crippen LogP contribution in [0.2, 0.25) is 0 Å². The molecular weight excluding hydrogens is 192 g/mol. The average molecular weight is 204 g/mol. The normalized spacial score (nSPS) is 9.33. The van der Waals surface area contributed by atoms with Crippen LogP contribution >= 0.6 is 0 Å². The van der Waals surface area contributed by atoms with Crippen molar-refractivity contribution in [3.63, 3.8) is 0 Å². The number of pyridine rings is 1. The van der Waals surface area contributed by atoms with Crippen molar-refractivity contribution in [2.24, 2.45) is 0 Å². The SMILES string of the molecule is C#CCN(CC)C(=O)c1cccc(=O)[nH]1. The number of amides is 1. The van der Waals surface area contributed by atoms with E-state index < -0.39 is 0 Å². The van der Waals surface area contributed by atoms with Gasteiger partial charge in [-0.05, 0) is 13.0 Å². The molecule has 4 nitrogen and oxygen atoms in total. The summed E-state index contributed by atoms with van der Waals surface area (Å²) >= 11 is 0. The van der Waals surface area contributed by atoms with Crippen molar-refractivity contribution < 1.29 is 4.79 Å². The van der Waals surface area contributed by atoms with E-state index in [4.69, 9.17) is 6.42 Å². The first kappa shape index (κ1) is 11.1. The van der Waals surface area contributed by atoms with Crippen molar-refractivity contribution in [2.45, 2.75) is 6.92 Å². The highest BCUT2D eigenvalue weighted by atomic mass is 16.2. The van der Waals surface area contributed by atoms with E-state index in [1.54, 1.807) is 6.07 Å². The zero-order valence-corrected chi connectivity index (χ0v) is 8.49. The van der Waals surface area contributed by atoms with Gasteiger partial charge in [0.05, 0.1) is 6.54 Å². The standard InChI is InChI=1S/C11H12N2O2/c1-3-8-13(4-2)11(15)9-6-5-7-10(14)12-9/h1,5-7H,4,8H2,2H3,(H,12,14). The monoisotopic (exact) mass is 204 g/mol. The first-order chi connectivity index (χ1) is 7.19. The minimum atomic E-state index is -0.294. The Hall–Kier alpha value is -2.02. The van der Waals surface area contributed by atoms with Gasteiger partial charge in [-0.3, -0.25) is 9.59 Å². The predicted molar refractivity (Wildman–Crippen MR) is 57.5 cm³/mol. The number of hydrogen-bond acceptors (Lipinski definition) is 2. The Kier molecular flexibility index (Phi) is 3.69. The van der Waals surface area contributed by atoms with Gasteiger partial charge in [0.2, 0.25) is 5.56 Å². The topological polar surface area (TPSA) is 53.2 Å². The Bertz CT molecular complexity index is 442. The fraction of sp³-hybridized carbons (Fsp3) is 0.273. The molecule has 0 aliphatic heterocycles. The van der Waals surface area contributed by atoms with Gasteiger partial charge >= 0.3 is 0 Å². The lowest BCUT2D eigenvalue weighted by Gasteiger charge is -2.17. The maximum Gasteiger partial charge on any atom is 0.271 e. The van der Waals surface area contributed by atoms with E-state index >= 15 is 0 Å². The molecule has 1 rings (SSSR count). The molecule has 1 N–H and O–H groups in total. The molecule has 1 amide bonds. The van der Waals surface area contributed by atoms with Gasteiger partial charge in [-0.1, -0.05) is 12.0 Å². The van der Waals surface area contributed by atoms with Gasteiger partial charge < -0.3 is 9.88 Å². The third-order valence-corrected chi connectivity index (χ3v) is 1.95. The Morgan fingerprint density at radius 1 is 1.60 bits per heavy atom. The average Bonchev–Trinajstić information content (AvgIpc) is 2.25. The molecule has 0 saturated carbocycles. The van der Waals surface area contributed by atoms with Crippen LogP contribution < -0.4 is 5.56 Å². The number of rotatable bonds is 3. The lowest BCUT2D eigenvalue weighted by atomic mass is 10.3. The van der Waals surface area contributed by atoms with Gasteiger partial charge in [0.15, 0.2) is 0 Å². The van der Waals surface area contributed by atoms with E-state index in [1.165, 1.54) is 17.0 Å². The Morgan fingerprint density at radius 3 is 2.87 bits per heavy atom. The molecule has 15 heavy (non-hydrogen) atoms. The summed E-state index contributed by atoms with van der Waals surface area (Å²) in [5, 5.41) is 0. The molecule has 0 bridgehead atoms. The predicted octanol–water partition coefficient (Wildman–Crippen LogP) is 0.470. The first-order valence-corrected chi connectivity index (χ1v) is 4.61. The van der Waals surface area contributed by atoms with Crippen LogP contribution in [0.1, 0.15) is 17.4 Å². The van der Waals surface area contributed by atoms with Crippen LogP contribution in [0.15, 0.2) is 23.0 Å². The summed E-state index contributed by atoms with van der Waals surface area (Å²) in [6.07, 6.45) is 5.13. The van der Waals surface area contributed by atoms with Gasteiger partial charge in [0, 0.05) is 12.6 Å². The molecule has 1 heterocycles. The van der Waals surface area contributed by atoms with E-state index in [9.17, 15) is 9.59 Å². The molecule has 0 unspecified atom stereocenters. The lowest BCUT2D eigenvalue weighted by molar-refractivity contribution is 0.0779. The summed E-state index contributed by atoms with van der Waals surface area (Å²) in [7, 11) is 0. The van der Waals surface area contributed by atoms with Crippen LogP contribution in [0, 0.1) is 12.3 Å². The minimum Gasteiger partial charge on any atom is -0.327 e. The lowest BCUT2D eigenvalue weighted by Crippen LogP contribution is -2.32. The van der Waals surface area contributed by atoms with E-state index in [0.717, 1.165) is 0 Å². The second-order valence-electron chi connectivity index (χ2n) is 2.95. The fourth-order valence-corrected chi connectivity index (χ4v) is 1.18. The molecule has 0 atom stereocenters. The van der Waals surface area contributed by atoms with Gasteiger partial charge in [0.25, 0.3) is 5.91 Å². The highest BCUT2D eigenvalue weighted by Gasteiger charge is 2.13. The quantitative estimate of drug-likeness (QED) is 0.728. The van der Waals surface area contributed by atoms with Crippen molar-refractivity contribution in [3.8, 4) is 12.3 Å². The summed E-state index contributed by atoms with van der Waals surface area (Å²) in [5.41, 5.74) is -0.0304. The van der Waals surface area contributed by atoms with Crippen LogP contribution in [0.5, 0.6) is 0 Å². The Balaban J connectivity index is 2.93. The highest BCUT2D eigenvalue weighted by molar-refractivity contribution is 5.92. The Labute approximate surface area is 87.9 Å². The molecule has 1 aromatic heterocycles. The van der Waals surface area contributed by atoms with Crippen molar-refractivity contribution in [3.05, 3.63) is 34.2 Å². The number of H-pyrrole nitrogens is 1. The van der Waals surface area contributed by atoms with Crippen LogP contribution in [0.3, 0.4) is 0 Å². The zero-order valence-electron chi connectivity index (χ0n) is 8.49. The number of aromatic nitrogens is 1. The van der Waals surface area contributed by atoms with Crippen molar-refractivity contribution in [2.75, 3.05) is 13.1 Å². The molecule has 0 spiro atoms. The molecule has 1 aromatic rings. The third-order valence-electron chi connectivity index (χ3n) is 1.95. The summed E-state index contributed by atoms with van der Waals surface area (Å²) in [4.78, 5) is 26.7. The second-order valence-corrected chi connectivity index (χ2v) is 2.95. The fourth-order valence-electron chi connectivity index (χ4n) is 1.18. The number of nitrogens with one attached hydrogen (secondary N) is 1. The van der Waals surface area contributed by atoms with Crippen molar-refractivity contribution in [1.82, 2.24) is 9.88 Å². The minimum absolute atomic E-state index is 0.242. The van der Waals surface area contributed by atoms with Crippen molar-refractivity contribution in [1.29, 1.82) is 0 Å². The Morgan fingerprint density at radius 2 is 2.33 bits per heavy atom. The van der Waals surface area contributed by atoms with E-state index in [1.807, 2.05) is 6.92 Å². The zero-order chi connectivity index (χ0) is 11.3. The third kappa shape index (κ3) is 2.71. The van der Waals surface area contributed by atoms with Crippen molar-refractivity contribution >= 4 is 5.91 Å². The van der Waals surface area contributed by atoms with Gasteiger partial charge in [0.1, 0.15) is 5.69 Å². The smallest absolute Gasteiger partial charge is 0.271 e. The molecule has 0 fully saturated rings. The van der Waals surface area contributed by atoms with Gasteiger partial charge in [-0.25, -0.2) is 0 Å². The van der Waals surface area contributed by atoms with Crippen LogP contribution in [0.25, 0.3) is 0 Å². The largest absolute Gasteiger partial charge is 0.327 e. The number of hydrogen-bond donors (Lipinski definition) is 1. The number of terminal acetylenes is 1. The molecule has 0 aliphatic rings. The summed E-state index contributed by atoms with van der Waals surface area (Å²) < 4.78 is 0. The maximum atomic E-state index is 11.8. The summed E-state index contributed by atoms with van der Waals surface area (Å²) in [6.45, 7) is 2.59. The molecular formula is C11H12N2O2. The summed E-state index contributed by atoms with van der Waals surface area (Å²) in [6, 6.07) is 4.45. The van der Waals surface area contributed by atoms with Gasteiger partial charge in [-0.15, -0.1) is 6.42 Å². The molecule has 0 radical (unpaired) electrons. The van der Waals surface area contributed by atoms with Crippen LogP contribution in [-0.2, 0) is 0 Å². The van der Waals surface area contributed by atoms with E-state index in [2.05, 4.69) is 10.9 Å². The molecule has 0 aromatic carbocycles. The number of nitrogens with zero attached hydrogens (tertiary/aromatic N) is 1. The van der Waals surface area contributed by atoms with Gasteiger partial charge in [-0.2, -0.15) is 0 Å². The second kappa shape index (κ2) is 5.01. The molecule has 0 aliphatic carbocycles. The molecule has 0 saturated heterocycles. The molecule has 78 valence electrons. The highest BCUT2D eigenvalue weighted by Crippen LogP contribution is 1.98. The first-order valence-electron chi connectivity index (χ1n) is 4.61. The van der Waals surface area contributed by atoms with E-state index in [-0.39, 0.29) is 23.7 Å². The van der Waals surface area contributed by atoms with E-state index in [0.29, 0.717) is 6.54 Å².